The van der Waals surface area contributed by atoms with Crippen molar-refractivity contribution in [2.75, 3.05) is 0 Å². The molecule has 5 nitrogen and oxygen atoms in total. The summed E-state index contributed by atoms with van der Waals surface area (Å²) in [5.41, 5.74) is 1.42. The first-order valence-corrected chi connectivity index (χ1v) is 6.49. The summed E-state index contributed by atoms with van der Waals surface area (Å²) in [5.74, 6) is -0.600. The Kier molecular flexibility index (Phi) is 3.50. The van der Waals surface area contributed by atoms with Gasteiger partial charge in [0.25, 0.3) is 0 Å². The third kappa shape index (κ3) is 2.98. The zero-order valence-electron chi connectivity index (χ0n) is 10.7. The molecule has 0 spiro atoms. The van der Waals surface area contributed by atoms with E-state index < -0.39 is 5.97 Å². The Hall–Kier alpha value is -2.53. The van der Waals surface area contributed by atoms with Crippen LogP contribution in [0.5, 0.6) is 5.75 Å². The molecular weight excluding hydrogens is 294 g/mol. The van der Waals surface area contributed by atoms with E-state index in [1.807, 2.05) is 12.1 Å². The van der Waals surface area contributed by atoms with Gasteiger partial charge >= 0.3 is 5.97 Å². The van der Waals surface area contributed by atoms with Crippen LogP contribution >= 0.6 is 11.6 Å². The Morgan fingerprint density at radius 3 is 2.90 bits per heavy atom. The van der Waals surface area contributed by atoms with Gasteiger partial charge in [-0.3, -0.25) is 4.98 Å². The average molecular weight is 304 g/mol. The van der Waals surface area contributed by atoms with E-state index in [9.17, 15) is 4.79 Å². The Balaban J connectivity index is 1.79. The molecule has 0 aliphatic heterocycles. The molecule has 1 N–H and O–H groups in total. The summed E-state index contributed by atoms with van der Waals surface area (Å²) in [6.45, 7) is 0.325. The Labute approximate surface area is 124 Å². The lowest BCUT2D eigenvalue weighted by atomic mass is 10.2. The third-order valence-corrected chi connectivity index (χ3v) is 3.08. The fourth-order valence-electron chi connectivity index (χ4n) is 1.93. The SMILES string of the molecule is O=C(O)c1cc2cc(COc3cncc(Cl)c3)ccc2o1. The molecule has 0 fully saturated rings. The minimum absolute atomic E-state index is 0.0814. The van der Waals surface area contributed by atoms with E-state index in [4.69, 9.17) is 25.9 Å². The molecule has 1 aromatic carbocycles. The van der Waals surface area contributed by atoms with Crippen LogP contribution in [0.2, 0.25) is 5.02 Å². The predicted molar refractivity (Wildman–Crippen MR) is 76.8 cm³/mol. The molecule has 0 amide bonds. The van der Waals surface area contributed by atoms with Gasteiger partial charge in [0.2, 0.25) is 5.76 Å². The van der Waals surface area contributed by atoms with Gasteiger partial charge in [-0.05, 0) is 23.8 Å². The minimum Gasteiger partial charge on any atom is -0.487 e. The molecule has 0 unspecified atom stereocenters. The van der Waals surface area contributed by atoms with Gasteiger partial charge in [0.1, 0.15) is 17.9 Å². The molecule has 6 heteroatoms. The van der Waals surface area contributed by atoms with E-state index in [2.05, 4.69) is 4.98 Å². The van der Waals surface area contributed by atoms with Crippen molar-refractivity contribution in [3.05, 3.63) is 59.1 Å². The number of aromatic nitrogens is 1. The highest BCUT2D eigenvalue weighted by Gasteiger charge is 2.10. The second-order valence-electron chi connectivity index (χ2n) is 4.42. The van der Waals surface area contributed by atoms with Crippen LogP contribution in [-0.2, 0) is 6.61 Å². The molecule has 106 valence electrons. The number of carboxylic acids is 1. The molecule has 0 saturated heterocycles. The van der Waals surface area contributed by atoms with E-state index in [0.29, 0.717) is 23.0 Å². The van der Waals surface area contributed by atoms with Gasteiger partial charge in [-0.1, -0.05) is 17.7 Å². The largest absolute Gasteiger partial charge is 0.487 e. The molecular formula is C15H10ClNO4. The molecule has 0 bridgehead atoms. The van der Waals surface area contributed by atoms with Crippen molar-refractivity contribution >= 4 is 28.5 Å². The summed E-state index contributed by atoms with van der Waals surface area (Å²) in [4.78, 5) is 14.8. The van der Waals surface area contributed by atoms with Crippen molar-refractivity contribution in [2.24, 2.45) is 0 Å². The number of hydrogen-bond donors (Lipinski definition) is 1. The summed E-state index contributed by atoms with van der Waals surface area (Å²) in [7, 11) is 0. The lowest BCUT2D eigenvalue weighted by Crippen LogP contribution is -1.95. The highest BCUT2D eigenvalue weighted by atomic mass is 35.5. The van der Waals surface area contributed by atoms with Gasteiger partial charge in [0.05, 0.1) is 11.2 Å². The first kappa shape index (κ1) is 13.5. The number of ether oxygens (including phenoxy) is 1. The van der Waals surface area contributed by atoms with E-state index in [0.717, 1.165) is 10.9 Å². The fourth-order valence-corrected chi connectivity index (χ4v) is 2.09. The van der Waals surface area contributed by atoms with E-state index >= 15 is 0 Å². The molecule has 3 aromatic rings. The molecule has 0 radical (unpaired) electrons. The third-order valence-electron chi connectivity index (χ3n) is 2.88. The number of aromatic carboxylic acids is 1. The fraction of sp³-hybridized carbons (Fsp3) is 0.0667. The van der Waals surface area contributed by atoms with Gasteiger partial charge < -0.3 is 14.3 Å². The van der Waals surface area contributed by atoms with Crippen LogP contribution in [0.3, 0.4) is 0 Å². The van der Waals surface area contributed by atoms with Crippen LogP contribution in [0, 0.1) is 0 Å². The first-order chi connectivity index (χ1) is 10.1. The van der Waals surface area contributed by atoms with Crippen molar-refractivity contribution in [3.8, 4) is 5.75 Å². The number of nitrogens with zero attached hydrogens (tertiary/aromatic N) is 1. The van der Waals surface area contributed by atoms with Crippen LogP contribution < -0.4 is 4.74 Å². The number of fused-ring (bicyclic) bond motifs is 1. The van der Waals surface area contributed by atoms with Crippen LogP contribution in [0.25, 0.3) is 11.0 Å². The van der Waals surface area contributed by atoms with Crippen LogP contribution in [0.15, 0.2) is 47.1 Å². The smallest absolute Gasteiger partial charge is 0.371 e. The molecule has 3 rings (SSSR count). The lowest BCUT2D eigenvalue weighted by molar-refractivity contribution is 0.0665. The summed E-state index contributed by atoms with van der Waals surface area (Å²) in [6.07, 6.45) is 3.10. The average Bonchev–Trinajstić information content (AvgIpc) is 2.88. The van der Waals surface area contributed by atoms with Gasteiger partial charge in [0.15, 0.2) is 0 Å². The number of rotatable bonds is 4. The quantitative estimate of drug-likeness (QED) is 0.794. The standard InChI is InChI=1S/C15H10ClNO4/c16-11-5-12(7-17-6-11)20-8-9-1-2-13-10(3-9)4-14(21-13)15(18)19/h1-7H,8H2,(H,18,19). The second kappa shape index (κ2) is 5.46. The normalized spacial score (nSPS) is 10.7. The van der Waals surface area contributed by atoms with E-state index in [1.54, 1.807) is 18.3 Å². The number of benzene rings is 1. The van der Waals surface area contributed by atoms with Crippen molar-refractivity contribution in [3.63, 3.8) is 0 Å². The number of halogens is 1. The monoisotopic (exact) mass is 303 g/mol. The number of carboxylic acid groups (broad SMARTS) is 1. The van der Waals surface area contributed by atoms with Crippen molar-refractivity contribution in [1.29, 1.82) is 0 Å². The molecule has 0 aliphatic carbocycles. The predicted octanol–water partition coefficient (Wildman–Crippen LogP) is 3.76. The van der Waals surface area contributed by atoms with E-state index in [-0.39, 0.29) is 5.76 Å². The molecule has 0 aliphatic rings. The topological polar surface area (TPSA) is 72.6 Å². The minimum atomic E-state index is -1.09. The summed E-state index contributed by atoms with van der Waals surface area (Å²) >= 11 is 5.83. The zero-order chi connectivity index (χ0) is 14.8. The van der Waals surface area contributed by atoms with E-state index in [1.165, 1.54) is 12.3 Å². The molecule has 0 saturated carbocycles. The maximum Gasteiger partial charge on any atom is 0.371 e. The van der Waals surface area contributed by atoms with Crippen molar-refractivity contribution in [2.45, 2.75) is 6.61 Å². The van der Waals surface area contributed by atoms with Crippen LogP contribution in [-0.4, -0.2) is 16.1 Å². The highest BCUT2D eigenvalue weighted by molar-refractivity contribution is 6.30. The van der Waals surface area contributed by atoms with Gasteiger partial charge in [-0.2, -0.15) is 0 Å². The Morgan fingerprint density at radius 1 is 1.29 bits per heavy atom. The van der Waals surface area contributed by atoms with Crippen LogP contribution in [0.4, 0.5) is 0 Å². The highest BCUT2D eigenvalue weighted by Crippen LogP contribution is 2.22. The summed E-state index contributed by atoms with van der Waals surface area (Å²) in [6, 6.07) is 8.52. The Bertz CT molecular complexity index is 812. The summed E-state index contributed by atoms with van der Waals surface area (Å²) < 4.78 is 10.8. The van der Waals surface area contributed by atoms with Crippen LogP contribution in [0.1, 0.15) is 16.1 Å². The molecule has 2 aromatic heterocycles. The number of furan rings is 1. The number of hydrogen-bond acceptors (Lipinski definition) is 4. The first-order valence-electron chi connectivity index (χ1n) is 6.11. The Morgan fingerprint density at radius 2 is 2.14 bits per heavy atom. The maximum absolute atomic E-state index is 10.9. The molecule has 2 heterocycles. The lowest BCUT2D eigenvalue weighted by Gasteiger charge is -2.05. The van der Waals surface area contributed by atoms with Gasteiger partial charge in [-0.15, -0.1) is 0 Å². The van der Waals surface area contributed by atoms with Gasteiger partial charge in [-0.25, -0.2) is 4.79 Å². The second-order valence-corrected chi connectivity index (χ2v) is 4.85. The summed E-state index contributed by atoms with van der Waals surface area (Å²) in [5, 5.41) is 10.1. The number of carbonyl (C=O) groups is 1. The number of pyridine rings is 1. The van der Waals surface area contributed by atoms with Crippen molar-refractivity contribution in [1.82, 2.24) is 4.98 Å². The van der Waals surface area contributed by atoms with Crippen molar-refractivity contribution < 1.29 is 19.1 Å². The molecule has 0 atom stereocenters. The zero-order valence-corrected chi connectivity index (χ0v) is 11.5. The molecule has 21 heavy (non-hydrogen) atoms. The van der Waals surface area contributed by atoms with Gasteiger partial charge in [0, 0.05) is 17.6 Å². The maximum atomic E-state index is 10.9.